The SMILES string of the molecule is CCC(C)C(NC(=O)[C@]12CC[C@@H](C)[C@H](C)[C@H]1C1=CC[C@@H]3[C@@]4(C)CC[C@H](OC(C)=O)C(C)(C)[C@@H]4CC[C@@]3(C)[C@]1(C)CC2)C(=O)O. The Morgan fingerprint density at radius 1 is 0.977 bits per heavy atom. The molecule has 5 aliphatic carbocycles. The van der Waals surface area contributed by atoms with Crippen LogP contribution in [0.2, 0.25) is 0 Å². The summed E-state index contributed by atoms with van der Waals surface area (Å²) in [7, 11) is 0. The molecule has 5 aliphatic rings. The lowest BCUT2D eigenvalue weighted by atomic mass is 9.33. The van der Waals surface area contributed by atoms with Gasteiger partial charge in [-0.2, -0.15) is 0 Å². The third kappa shape index (κ3) is 4.64. The molecule has 248 valence electrons. The Morgan fingerprint density at radius 3 is 2.27 bits per heavy atom. The molecule has 1 amide bonds. The number of amides is 1. The Morgan fingerprint density at radius 2 is 1.66 bits per heavy atom. The fourth-order valence-electron chi connectivity index (χ4n) is 12.2. The Kier molecular flexibility index (Phi) is 8.49. The van der Waals surface area contributed by atoms with Crippen molar-refractivity contribution in [1.29, 1.82) is 0 Å². The first-order valence-corrected chi connectivity index (χ1v) is 17.8. The second-order valence-electron chi connectivity index (χ2n) is 17.4. The van der Waals surface area contributed by atoms with E-state index in [4.69, 9.17) is 4.74 Å². The van der Waals surface area contributed by atoms with Crippen molar-refractivity contribution in [3.8, 4) is 0 Å². The third-order valence-corrected chi connectivity index (χ3v) is 15.5. The number of aliphatic carboxylic acids is 1. The molecule has 0 radical (unpaired) electrons. The summed E-state index contributed by atoms with van der Waals surface area (Å²) in [5.41, 5.74) is 1.13. The summed E-state index contributed by atoms with van der Waals surface area (Å²) < 4.78 is 5.92. The van der Waals surface area contributed by atoms with Crippen LogP contribution in [0.1, 0.15) is 133 Å². The molecule has 12 atom stereocenters. The molecule has 0 bridgehead atoms. The van der Waals surface area contributed by atoms with Crippen molar-refractivity contribution in [3.63, 3.8) is 0 Å². The average Bonchev–Trinajstić information content (AvgIpc) is 2.94. The lowest BCUT2D eigenvalue weighted by molar-refractivity contribution is -0.212. The fraction of sp³-hybridized carbons (Fsp3) is 0.868. The minimum Gasteiger partial charge on any atom is -0.480 e. The van der Waals surface area contributed by atoms with Crippen LogP contribution >= 0.6 is 0 Å². The smallest absolute Gasteiger partial charge is 0.326 e. The summed E-state index contributed by atoms with van der Waals surface area (Å²) in [6.45, 7) is 22.5. The number of nitrogens with one attached hydrogen (secondary N) is 1. The Balaban J connectivity index is 1.54. The Labute approximate surface area is 266 Å². The first-order chi connectivity index (χ1) is 20.4. The topological polar surface area (TPSA) is 92.7 Å². The van der Waals surface area contributed by atoms with Crippen molar-refractivity contribution in [2.45, 2.75) is 146 Å². The van der Waals surface area contributed by atoms with Crippen molar-refractivity contribution in [3.05, 3.63) is 11.6 Å². The van der Waals surface area contributed by atoms with Crippen LogP contribution in [-0.2, 0) is 19.1 Å². The highest BCUT2D eigenvalue weighted by Crippen LogP contribution is 2.75. The second-order valence-corrected chi connectivity index (χ2v) is 17.4. The third-order valence-electron chi connectivity index (χ3n) is 15.5. The molecule has 4 fully saturated rings. The molecular weight excluding hydrogens is 550 g/mol. The van der Waals surface area contributed by atoms with E-state index < -0.39 is 17.4 Å². The number of ether oxygens (including phenoxy) is 1. The van der Waals surface area contributed by atoms with Gasteiger partial charge in [0.1, 0.15) is 12.1 Å². The monoisotopic (exact) mass is 611 g/mol. The molecule has 6 nitrogen and oxygen atoms in total. The molecule has 0 aromatic rings. The van der Waals surface area contributed by atoms with Crippen molar-refractivity contribution in [1.82, 2.24) is 5.32 Å². The molecule has 0 aromatic heterocycles. The van der Waals surface area contributed by atoms with Crippen LogP contribution in [0.25, 0.3) is 0 Å². The largest absolute Gasteiger partial charge is 0.480 e. The molecule has 0 heterocycles. The Hall–Kier alpha value is -1.85. The van der Waals surface area contributed by atoms with Gasteiger partial charge in [0, 0.05) is 12.3 Å². The maximum atomic E-state index is 14.5. The van der Waals surface area contributed by atoms with Crippen LogP contribution in [0.5, 0.6) is 0 Å². The zero-order valence-electron chi connectivity index (χ0n) is 29.3. The summed E-state index contributed by atoms with van der Waals surface area (Å²) in [5, 5.41) is 13.2. The minimum absolute atomic E-state index is 0.0105. The van der Waals surface area contributed by atoms with Crippen molar-refractivity contribution in [2.75, 3.05) is 0 Å². The van der Waals surface area contributed by atoms with Gasteiger partial charge in [-0.15, -0.1) is 0 Å². The summed E-state index contributed by atoms with van der Waals surface area (Å²) in [4.78, 5) is 38.8. The van der Waals surface area contributed by atoms with Crippen molar-refractivity contribution < 1.29 is 24.2 Å². The van der Waals surface area contributed by atoms with Crippen molar-refractivity contribution >= 4 is 17.8 Å². The molecule has 44 heavy (non-hydrogen) atoms. The van der Waals surface area contributed by atoms with Crippen LogP contribution < -0.4 is 5.32 Å². The van der Waals surface area contributed by atoms with Crippen LogP contribution in [0.15, 0.2) is 11.6 Å². The van der Waals surface area contributed by atoms with Crippen LogP contribution in [0.3, 0.4) is 0 Å². The molecule has 0 spiro atoms. The zero-order chi connectivity index (χ0) is 32.6. The van der Waals surface area contributed by atoms with E-state index in [0.717, 1.165) is 57.8 Å². The number of carbonyl (C=O) groups is 3. The maximum absolute atomic E-state index is 14.5. The standard InChI is InChI=1S/C38H61NO5/c1-11-22(2)31(32(41)42)39-33(43)38-19-14-23(3)24(4)30(38)26-12-13-28-35(8)17-16-29(44-25(5)40)34(6,7)27(35)15-18-37(28,10)36(26,9)20-21-38/h12,22-24,27-31H,11,13-21H2,1-10H3,(H,39,43)(H,41,42)/t22?,23-,24+,27+,28-,29+,30+,31?,35+,36-,37-,38+/m1/s1. The predicted octanol–water partition coefficient (Wildman–Crippen LogP) is 8.19. The lowest BCUT2D eigenvalue weighted by Crippen LogP contribution is -2.66. The van der Waals surface area contributed by atoms with Gasteiger partial charge in [-0.1, -0.05) is 80.4 Å². The predicted molar refractivity (Wildman–Crippen MR) is 174 cm³/mol. The molecule has 0 saturated heterocycles. The van der Waals surface area contributed by atoms with Gasteiger partial charge in [0.25, 0.3) is 0 Å². The number of hydrogen-bond donors (Lipinski definition) is 2. The van der Waals surface area contributed by atoms with Gasteiger partial charge >= 0.3 is 11.9 Å². The van der Waals surface area contributed by atoms with Gasteiger partial charge in [-0.05, 0) is 110 Å². The quantitative estimate of drug-likeness (QED) is 0.233. The summed E-state index contributed by atoms with van der Waals surface area (Å²) >= 11 is 0. The van der Waals surface area contributed by atoms with E-state index in [-0.39, 0.29) is 51.5 Å². The van der Waals surface area contributed by atoms with Crippen LogP contribution in [0, 0.1) is 62.6 Å². The van der Waals surface area contributed by atoms with E-state index in [9.17, 15) is 19.5 Å². The molecule has 0 aliphatic heterocycles. The number of rotatable bonds is 6. The summed E-state index contributed by atoms with van der Waals surface area (Å²) in [6, 6.07) is -0.853. The molecule has 6 heteroatoms. The fourth-order valence-corrected chi connectivity index (χ4v) is 12.2. The van der Waals surface area contributed by atoms with Gasteiger partial charge in [-0.3, -0.25) is 9.59 Å². The average molecular weight is 612 g/mol. The molecule has 4 saturated carbocycles. The minimum atomic E-state index is -0.929. The van der Waals surface area contributed by atoms with E-state index in [1.807, 2.05) is 13.8 Å². The van der Waals surface area contributed by atoms with E-state index in [1.54, 1.807) is 6.92 Å². The van der Waals surface area contributed by atoms with E-state index in [0.29, 0.717) is 30.1 Å². The van der Waals surface area contributed by atoms with E-state index in [2.05, 4.69) is 59.9 Å². The van der Waals surface area contributed by atoms with Crippen molar-refractivity contribution in [2.24, 2.45) is 62.6 Å². The number of allylic oxidation sites excluding steroid dienone is 2. The maximum Gasteiger partial charge on any atom is 0.326 e. The zero-order valence-corrected chi connectivity index (χ0v) is 29.3. The number of hydrogen-bond acceptors (Lipinski definition) is 4. The summed E-state index contributed by atoms with van der Waals surface area (Å²) in [6.07, 6.45) is 12.2. The first kappa shape index (κ1) is 33.5. The van der Waals surface area contributed by atoms with Crippen LogP contribution in [0.4, 0.5) is 0 Å². The van der Waals surface area contributed by atoms with E-state index in [1.165, 1.54) is 5.57 Å². The van der Waals surface area contributed by atoms with Gasteiger partial charge in [0.2, 0.25) is 5.91 Å². The number of carboxylic acids is 1. The number of fused-ring (bicyclic) bond motifs is 7. The van der Waals surface area contributed by atoms with Crippen LogP contribution in [-0.4, -0.2) is 35.1 Å². The molecule has 2 unspecified atom stereocenters. The molecule has 0 aromatic carbocycles. The highest BCUT2D eigenvalue weighted by Gasteiger charge is 2.69. The normalized spacial score (nSPS) is 45.6. The first-order valence-electron chi connectivity index (χ1n) is 17.8. The highest BCUT2D eigenvalue weighted by atomic mass is 16.5. The van der Waals surface area contributed by atoms with Gasteiger partial charge in [0.15, 0.2) is 0 Å². The number of carbonyl (C=O) groups excluding carboxylic acids is 2. The van der Waals surface area contributed by atoms with Gasteiger partial charge < -0.3 is 15.2 Å². The molecular formula is C38H61NO5. The van der Waals surface area contributed by atoms with E-state index >= 15 is 0 Å². The number of carboxylic acid groups (broad SMARTS) is 1. The lowest BCUT2D eigenvalue weighted by Gasteiger charge is -2.71. The number of esters is 1. The Bertz CT molecular complexity index is 1210. The van der Waals surface area contributed by atoms with Gasteiger partial charge in [-0.25, -0.2) is 4.79 Å². The molecule has 2 N–H and O–H groups in total. The van der Waals surface area contributed by atoms with Gasteiger partial charge in [0.05, 0.1) is 5.41 Å². The second kappa shape index (κ2) is 11.1. The molecule has 5 rings (SSSR count). The highest BCUT2D eigenvalue weighted by molar-refractivity contribution is 5.88. The summed E-state index contributed by atoms with van der Waals surface area (Å²) in [5.74, 6) is 0.782.